The van der Waals surface area contributed by atoms with Crippen LogP contribution >= 0.6 is 0 Å². The van der Waals surface area contributed by atoms with E-state index in [0.717, 1.165) is 0 Å². The SMILES string of the molecule is O=C(NCCO)C(=O)C(F)(F)F. The largest absolute Gasteiger partial charge is 0.460 e. The van der Waals surface area contributed by atoms with Gasteiger partial charge in [-0.3, -0.25) is 9.59 Å². The molecule has 0 aliphatic heterocycles. The predicted octanol–water partition coefficient (Wildman–Crippen LogP) is -0.774. The summed E-state index contributed by atoms with van der Waals surface area (Å²) in [6.07, 6.45) is -5.15. The van der Waals surface area contributed by atoms with E-state index in [-0.39, 0.29) is 6.54 Å². The smallest absolute Gasteiger partial charge is 0.395 e. The minimum absolute atomic E-state index is 0.374. The molecule has 0 fully saturated rings. The number of carbonyl (C=O) groups is 2. The Labute approximate surface area is 65.4 Å². The molecule has 0 radical (unpaired) electrons. The fourth-order valence-corrected chi connectivity index (χ4v) is 0.378. The summed E-state index contributed by atoms with van der Waals surface area (Å²) in [4.78, 5) is 20.3. The summed E-state index contributed by atoms with van der Waals surface area (Å²) in [7, 11) is 0. The van der Waals surface area contributed by atoms with Gasteiger partial charge in [-0.15, -0.1) is 0 Å². The molecular weight excluding hydrogens is 179 g/mol. The van der Waals surface area contributed by atoms with Crippen molar-refractivity contribution in [2.24, 2.45) is 0 Å². The van der Waals surface area contributed by atoms with Gasteiger partial charge in [0.1, 0.15) is 0 Å². The monoisotopic (exact) mass is 185 g/mol. The van der Waals surface area contributed by atoms with Crippen LogP contribution in [0, 0.1) is 0 Å². The molecule has 0 aliphatic carbocycles. The number of amides is 1. The molecule has 12 heavy (non-hydrogen) atoms. The van der Waals surface area contributed by atoms with Gasteiger partial charge in [0.15, 0.2) is 0 Å². The van der Waals surface area contributed by atoms with Crippen LogP contribution in [0.5, 0.6) is 0 Å². The Bertz CT molecular complexity index is 189. The van der Waals surface area contributed by atoms with Crippen molar-refractivity contribution in [2.75, 3.05) is 13.2 Å². The van der Waals surface area contributed by atoms with Crippen molar-refractivity contribution >= 4 is 11.7 Å². The molecule has 7 heteroatoms. The zero-order valence-corrected chi connectivity index (χ0v) is 5.81. The average Bonchev–Trinajstić information content (AvgIpc) is 1.97. The van der Waals surface area contributed by atoms with Crippen molar-refractivity contribution in [3.8, 4) is 0 Å². The summed E-state index contributed by atoms with van der Waals surface area (Å²) >= 11 is 0. The maximum absolute atomic E-state index is 11.5. The minimum atomic E-state index is -5.15. The molecule has 2 N–H and O–H groups in total. The predicted molar refractivity (Wildman–Crippen MR) is 31.2 cm³/mol. The quantitative estimate of drug-likeness (QED) is 0.567. The molecule has 0 spiro atoms. The minimum Gasteiger partial charge on any atom is -0.395 e. The fraction of sp³-hybridized carbons (Fsp3) is 0.600. The molecule has 0 aromatic heterocycles. The summed E-state index contributed by atoms with van der Waals surface area (Å²) in [6.45, 7) is -0.891. The van der Waals surface area contributed by atoms with E-state index < -0.39 is 24.5 Å². The van der Waals surface area contributed by atoms with E-state index in [0.29, 0.717) is 0 Å². The number of hydrogen-bond donors (Lipinski definition) is 2. The third-order valence-electron chi connectivity index (χ3n) is 0.861. The second-order valence-electron chi connectivity index (χ2n) is 1.81. The van der Waals surface area contributed by atoms with Gasteiger partial charge in [0, 0.05) is 6.54 Å². The van der Waals surface area contributed by atoms with Crippen molar-refractivity contribution in [2.45, 2.75) is 6.18 Å². The number of rotatable bonds is 3. The molecule has 0 aliphatic rings. The molecule has 0 saturated carbocycles. The first-order valence-corrected chi connectivity index (χ1v) is 2.89. The van der Waals surface area contributed by atoms with Crippen LogP contribution in [0.3, 0.4) is 0 Å². The molecule has 0 saturated heterocycles. The van der Waals surface area contributed by atoms with E-state index in [4.69, 9.17) is 5.11 Å². The average molecular weight is 185 g/mol. The van der Waals surface area contributed by atoms with Gasteiger partial charge in [-0.1, -0.05) is 0 Å². The number of aliphatic hydroxyl groups excluding tert-OH is 1. The summed E-state index contributed by atoms with van der Waals surface area (Å²) in [6, 6.07) is 0. The van der Waals surface area contributed by atoms with Crippen molar-refractivity contribution in [3.05, 3.63) is 0 Å². The van der Waals surface area contributed by atoms with E-state index >= 15 is 0 Å². The van der Waals surface area contributed by atoms with Crippen molar-refractivity contribution in [1.82, 2.24) is 5.32 Å². The highest BCUT2D eigenvalue weighted by Crippen LogP contribution is 2.15. The molecule has 0 heterocycles. The van der Waals surface area contributed by atoms with Gasteiger partial charge in [-0.05, 0) is 0 Å². The number of nitrogens with one attached hydrogen (secondary N) is 1. The Balaban J connectivity index is 4.04. The first-order chi connectivity index (χ1) is 5.39. The van der Waals surface area contributed by atoms with Crippen LogP contribution in [0.1, 0.15) is 0 Å². The zero-order valence-electron chi connectivity index (χ0n) is 5.81. The summed E-state index contributed by atoms with van der Waals surface area (Å²) in [5.74, 6) is -4.22. The summed E-state index contributed by atoms with van der Waals surface area (Å²) < 4.78 is 34.4. The molecule has 4 nitrogen and oxygen atoms in total. The van der Waals surface area contributed by atoms with Crippen LogP contribution < -0.4 is 5.32 Å². The Morgan fingerprint density at radius 3 is 2.17 bits per heavy atom. The fourth-order valence-electron chi connectivity index (χ4n) is 0.378. The van der Waals surface area contributed by atoms with Gasteiger partial charge in [0.2, 0.25) is 0 Å². The van der Waals surface area contributed by atoms with Gasteiger partial charge in [-0.25, -0.2) is 0 Å². The number of halogens is 3. The Hall–Kier alpha value is -1.11. The maximum Gasteiger partial charge on any atom is 0.460 e. The molecule has 0 unspecified atom stereocenters. The Kier molecular flexibility index (Phi) is 3.68. The molecule has 0 rings (SSSR count). The molecule has 0 bridgehead atoms. The number of alkyl halides is 3. The number of aliphatic hydroxyl groups is 1. The third kappa shape index (κ3) is 3.33. The highest BCUT2D eigenvalue weighted by Gasteiger charge is 2.43. The Morgan fingerprint density at radius 1 is 1.33 bits per heavy atom. The van der Waals surface area contributed by atoms with Crippen LogP contribution in [0.15, 0.2) is 0 Å². The first-order valence-electron chi connectivity index (χ1n) is 2.89. The Morgan fingerprint density at radius 2 is 1.83 bits per heavy atom. The maximum atomic E-state index is 11.5. The van der Waals surface area contributed by atoms with Crippen molar-refractivity contribution in [1.29, 1.82) is 0 Å². The molecule has 0 aromatic rings. The van der Waals surface area contributed by atoms with Crippen LogP contribution in [-0.2, 0) is 9.59 Å². The lowest BCUT2D eigenvalue weighted by Crippen LogP contribution is -2.40. The molecule has 1 amide bonds. The van der Waals surface area contributed by atoms with E-state index in [1.165, 1.54) is 0 Å². The number of Topliss-reactive ketones (excluding diaryl/α,β-unsaturated/α-hetero) is 1. The van der Waals surface area contributed by atoms with Gasteiger partial charge in [0.25, 0.3) is 5.91 Å². The molecular formula is C5H6F3NO3. The molecule has 0 aromatic carbocycles. The van der Waals surface area contributed by atoms with E-state index in [9.17, 15) is 22.8 Å². The second kappa shape index (κ2) is 4.05. The second-order valence-corrected chi connectivity index (χ2v) is 1.81. The summed E-state index contributed by atoms with van der Waals surface area (Å²) in [5, 5.41) is 9.67. The van der Waals surface area contributed by atoms with Gasteiger partial charge >= 0.3 is 12.0 Å². The van der Waals surface area contributed by atoms with Gasteiger partial charge < -0.3 is 10.4 Å². The van der Waals surface area contributed by atoms with E-state index in [1.807, 2.05) is 0 Å². The number of ketones is 1. The lowest BCUT2D eigenvalue weighted by atomic mass is 10.3. The van der Waals surface area contributed by atoms with Gasteiger partial charge in [-0.2, -0.15) is 13.2 Å². The van der Waals surface area contributed by atoms with Crippen LogP contribution in [-0.4, -0.2) is 36.1 Å². The highest BCUT2D eigenvalue weighted by molar-refractivity contribution is 6.38. The highest BCUT2D eigenvalue weighted by atomic mass is 19.4. The number of hydrogen-bond acceptors (Lipinski definition) is 3. The lowest BCUT2D eigenvalue weighted by Gasteiger charge is -2.04. The third-order valence-corrected chi connectivity index (χ3v) is 0.861. The van der Waals surface area contributed by atoms with E-state index in [2.05, 4.69) is 0 Å². The van der Waals surface area contributed by atoms with E-state index in [1.54, 1.807) is 5.32 Å². The topological polar surface area (TPSA) is 66.4 Å². The molecule has 70 valence electrons. The van der Waals surface area contributed by atoms with Crippen LogP contribution in [0.25, 0.3) is 0 Å². The lowest BCUT2D eigenvalue weighted by molar-refractivity contribution is -0.175. The molecule has 0 atom stereocenters. The van der Waals surface area contributed by atoms with Crippen LogP contribution in [0.2, 0.25) is 0 Å². The van der Waals surface area contributed by atoms with Crippen molar-refractivity contribution < 1.29 is 27.9 Å². The normalized spacial score (nSPS) is 11.0. The van der Waals surface area contributed by atoms with Gasteiger partial charge in [0.05, 0.1) is 6.61 Å². The standard InChI is InChI=1S/C5H6F3NO3/c6-5(7,8)3(11)4(12)9-1-2-10/h10H,1-2H2,(H,9,12). The number of carbonyl (C=O) groups excluding carboxylic acids is 2. The first kappa shape index (κ1) is 10.9. The van der Waals surface area contributed by atoms with Crippen LogP contribution in [0.4, 0.5) is 13.2 Å². The zero-order chi connectivity index (χ0) is 9.78. The summed E-state index contributed by atoms with van der Waals surface area (Å²) in [5.41, 5.74) is 0. The van der Waals surface area contributed by atoms with Crippen molar-refractivity contribution in [3.63, 3.8) is 0 Å².